The zero-order valence-corrected chi connectivity index (χ0v) is 13.5. The van der Waals surface area contributed by atoms with E-state index in [0.29, 0.717) is 19.4 Å². The Bertz CT molecular complexity index is 759. The molecule has 0 fully saturated rings. The summed E-state index contributed by atoms with van der Waals surface area (Å²) in [5, 5.41) is 5.14. The summed E-state index contributed by atoms with van der Waals surface area (Å²) >= 11 is 1.66. The monoisotopic (exact) mass is 314 g/mol. The number of benzene rings is 1. The second-order valence-corrected chi connectivity index (χ2v) is 6.46. The van der Waals surface area contributed by atoms with Gasteiger partial charge in [0.25, 0.3) is 0 Å². The molecule has 0 aliphatic carbocycles. The minimum absolute atomic E-state index is 0.128. The topological polar surface area (TPSA) is 51.0 Å². The van der Waals surface area contributed by atoms with Crippen molar-refractivity contribution < 1.29 is 4.79 Å². The van der Waals surface area contributed by atoms with Crippen LogP contribution in [0.3, 0.4) is 0 Å². The van der Waals surface area contributed by atoms with Crippen molar-refractivity contribution in [2.24, 2.45) is 7.05 Å². The Labute approximate surface area is 133 Å². The minimum atomic E-state index is 0.128. The maximum atomic E-state index is 12.2. The minimum Gasteiger partial charge on any atom is -0.341 e. The van der Waals surface area contributed by atoms with Gasteiger partial charge in [-0.05, 0) is 12.1 Å². The standard InChI is InChI=1S/C16H18N4OS/c1-19(10-12-9-17-20(2)11-12)16(21)8-7-15-18-13-5-3-4-6-14(13)22-15/h3-6,9,11H,7-8,10H2,1-2H3. The molecule has 1 aromatic carbocycles. The van der Waals surface area contributed by atoms with Crippen molar-refractivity contribution in [3.05, 3.63) is 47.2 Å². The number of aryl methyl sites for hydroxylation is 2. The molecule has 6 heteroatoms. The summed E-state index contributed by atoms with van der Waals surface area (Å²) < 4.78 is 2.92. The highest BCUT2D eigenvalue weighted by molar-refractivity contribution is 7.18. The molecule has 3 rings (SSSR count). The molecule has 0 saturated heterocycles. The molecule has 0 spiro atoms. The molecule has 0 unspecified atom stereocenters. The quantitative estimate of drug-likeness (QED) is 0.727. The molecule has 0 aliphatic rings. The molecule has 22 heavy (non-hydrogen) atoms. The van der Waals surface area contributed by atoms with E-state index < -0.39 is 0 Å². The number of aromatic nitrogens is 3. The van der Waals surface area contributed by atoms with E-state index in [0.717, 1.165) is 16.1 Å². The molecule has 5 nitrogen and oxygen atoms in total. The fourth-order valence-corrected chi connectivity index (χ4v) is 3.31. The number of thiazole rings is 1. The molecule has 0 bridgehead atoms. The van der Waals surface area contributed by atoms with Crippen molar-refractivity contribution in [3.63, 3.8) is 0 Å². The van der Waals surface area contributed by atoms with E-state index in [2.05, 4.69) is 16.1 Å². The maximum Gasteiger partial charge on any atom is 0.223 e. The van der Waals surface area contributed by atoms with Crippen LogP contribution in [0, 0.1) is 0 Å². The smallest absolute Gasteiger partial charge is 0.223 e. The van der Waals surface area contributed by atoms with Gasteiger partial charge in [0.1, 0.15) is 0 Å². The first-order valence-electron chi connectivity index (χ1n) is 7.18. The van der Waals surface area contributed by atoms with Gasteiger partial charge in [0, 0.05) is 45.2 Å². The molecular weight excluding hydrogens is 296 g/mol. The highest BCUT2D eigenvalue weighted by Gasteiger charge is 2.12. The van der Waals surface area contributed by atoms with Crippen molar-refractivity contribution in [1.29, 1.82) is 0 Å². The lowest BCUT2D eigenvalue weighted by Gasteiger charge is -2.15. The Balaban J connectivity index is 1.57. The maximum absolute atomic E-state index is 12.2. The lowest BCUT2D eigenvalue weighted by molar-refractivity contribution is -0.130. The van der Waals surface area contributed by atoms with Crippen molar-refractivity contribution in [1.82, 2.24) is 19.7 Å². The van der Waals surface area contributed by atoms with Gasteiger partial charge in [-0.3, -0.25) is 9.48 Å². The number of rotatable bonds is 5. The van der Waals surface area contributed by atoms with Gasteiger partial charge in [-0.1, -0.05) is 12.1 Å². The first-order valence-corrected chi connectivity index (χ1v) is 7.99. The average molecular weight is 314 g/mol. The lowest BCUT2D eigenvalue weighted by atomic mass is 10.2. The van der Waals surface area contributed by atoms with Crippen molar-refractivity contribution >= 4 is 27.5 Å². The Kier molecular flexibility index (Phi) is 4.20. The molecule has 2 aromatic heterocycles. The molecule has 0 N–H and O–H groups in total. The van der Waals surface area contributed by atoms with E-state index >= 15 is 0 Å². The summed E-state index contributed by atoms with van der Waals surface area (Å²) in [6.45, 7) is 0.590. The van der Waals surface area contributed by atoms with Crippen LogP contribution in [-0.4, -0.2) is 32.6 Å². The summed E-state index contributed by atoms with van der Waals surface area (Å²) in [5.74, 6) is 0.128. The van der Waals surface area contributed by atoms with Crippen LogP contribution in [0.5, 0.6) is 0 Å². The first kappa shape index (κ1) is 14.7. The number of hydrogen-bond donors (Lipinski definition) is 0. The van der Waals surface area contributed by atoms with E-state index in [1.165, 1.54) is 4.70 Å². The normalized spacial score (nSPS) is 11.0. The Hall–Kier alpha value is -2.21. The van der Waals surface area contributed by atoms with Gasteiger partial charge in [0.05, 0.1) is 21.4 Å². The van der Waals surface area contributed by atoms with Crippen LogP contribution in [0.4, 0.5) is 0 Å². The molecule has 114 valence electrons. The second kappa shape index (κ2) is 6.27. The van der Waals surface area contributed by atoms with Crippen LogP contribution in [0.15, 0.2) is 36.7 Å². The highest BCUT2D eigenvalue weighted by Crippen LogP contribution is 2.22. The third-order valence-corrected chi connectivity index (χ3v) is 4.59. The summed E-state index contributed by atoms with van der Waals surface area (Å²) in [4.78, 5) is 18.5. The van der Waals surface area contributed by atoms with E-state index in [1.54, 1.807) is 27.1 Å². The van der Waals surface area contributed by atoms with Gasteiger partial charge in [0.15, 0.2) is 0 Å². The molecule has 0 saturated carbocycles. The fraction of sp³-hybridized carbons (Fsp3) is 0.312. The largest absolute Gasteiger partial charge is 0.341 e. The number of carbonyl (C=O) groups is 1. The summed E-state index contributed by atoms with van der Waals surface area (Å²) in [6.07, 6.45) is 4.89. The van der Waals surface area contributed by atoms with Crippen LogP contribution < -0.4 is 0 Å². The summed E-state index contributed by atoms with van der Waals surface area (Å²) in [6, 6.07) is 8.06. The van der Waals surface area contributed by atoms with Crippen molar-refractivity contribution in [2.75, 3.05) is 7.05 Å². The van der Waals surface area contributed by atoms with Crippen LogP contribution in [0.2, 0.25) is 0 Å². The van der Waals surface area contributed by atoms with E-state index in [1.807, 2.05) is 38.5 Å². The highest BCUT2D eigenvalue weighted by atomic mass is 32.1. The van der Waals surface area contributed by atoms with Gasteiger partial charge < -0.3 is 4.90 Å². The fourth-order valence-electron chi connectivity index (χ4n) is 2.35. The van der Waals surface area contributed by atoms with Crippen LogP contribution >= 0.6 is 11.3 Å². The Morgan fingerprint density at radius 2 is 2.18 bits per heavy atom. The van der Waals surface area contributed by atoms with Gasteiger partial charge >= 0.3 is 0 Å². The lowest BCUT2D eigenvalue weighted by Crippen LogP contribution is -2.26. The van der Waals surface area contributed by atoms with E-state index in [-0.39, 0.29) is 5.91 Å². The third-order valence-electron chi connectivity index (χ3n) is 3.49. The van der Waals surface area contributed by atoms with Crippen LogP contribution in [-0.2, 0) is 24.8 Å². The first-order chi connectivity index (χ1) is 10.6. The van der Waals surface area contributed by atoms with Gasteiger partial charge in [-0.2, -0.15) is 5.10 Å². The molecular formula is C16H18N4OS. The van der Waals surface area contributed by atoms with Crippen LogP contribution in [0.25, 0.3) is 10.2 Å². The number of carbonyl (C=O) groups excluding carboxylic acids is 1. The number of para-hydroxylation sites is 1. The van der Waals surface area contributed by atoms with Crippen LogP contribution in [0.1, 0.15) is 17.0 Å². The Morgan fingerprint density at radius 1 is 1.36 bits per heavy atom. The predicted octanol–water partition coefficient (Wildman–Crippen LogP) is 2.62. The zero-order chi connectivity index (χ0) is 15.5. The number of nitrogens with zero attached hydrogens (tertiary/aromatic N) is 4. The van der Waals surface area contributed by atoms with Gasteiger partial charge in [-0.15, -0.1) is 11.3 Å². The molecule has 2 heterocycles. The van der Waals surface area contributed by atoms with E-state index in [4.69, 9.17) is 0 Å². The van der Waals surface area contributed by atoms with Crippen molar-refractivity contribution in [3.8, 4) is 0 Å². The zero-order valence-electron chi connectivity index (χ0n) is 12.7. The summed E-state index contributed by atoms with van der Waals surface area (Å²) in [5.41, 5.74) is 2.05. The molecule has 0 aliphatic heterocycles. The number of fused-ring (bicyclic) bond motifs is 1. The van der Waals surface area contributed by atoms with Gasteiger partial charge in [0.2, 0.25) is 5.91 Å². The summed E-state index contributed by atoms with van der Waals surface area (Å²) in [7, 11) is 3.70. The Morgan fingerprint density at radius 3 is 2.91 bits per heavy atom. The molecule has 0 atom stereocenters. The number of amides is 1. The van der Waals surface area contributed by atoms with E-state index in [9.17, 15) is 4.79 Å². The second-order valence-electron chi connectivity index (χ2n) is 5.35. The molecule has 3 aromatic rings. The van der Waals surface area contributed by atoms with Gasteiger partial charge in [-0.25, -0.2) is 4.98 Å². The molecule has 1 amide bonds. The average Bonchev–Trinajstić information content (AvgIpc) is 3.10. The SMILES string of the molecule is CN(Cc1cnn(C)c1)C(=O)CCc1nc2ccccc2s1. The predicted molar refractivity (Wildman–Crippen MR) is 87.6 cm³/mol. The molecule has 0 radical (unpaired) electrons. The third kappa shape index (κ3) is 3.33. The number of hydrogen-bond acceptors (Lipinski definition) is 4. The van der Waals surface area contributed by atoms with Crippen molar-refractivity contribution in [2.45, 2.75) is 19.4 Å².